The summed E-state index contributed by atoms with van der Waals surface area (Å²) in [5, 5.41) is 11.6. The Morgan fingerprint density at radius 2 is 2.12 bits per heavy atom. The van der Waals surface area contributed by atoms with Crippen LogP contribution >= 0.6 is 11.6 Å². The van der Waals surface area contributed by atoms with Crippen LogP contribution in [0.1, 0.15) is 17.0 Å². The van der Waals surface area contributed by atoms with E-state index in [2.05, 4.69) is 15.5 Å². The minimum absolute atomic E-state index is 0.134. The van der Waals surface area contributed by atoms with Gasteiger partial charge in [0, 0.05) is 16.9 Å². The van der Waals surface area contributed by atoms with Gasteiger partial charge in [-0.3, -0.25) is 14.2 Å². The summed E-state index contributed by atoms with van der Waals surface area (Å²) in [7, 11) is 0. The highest BCUT2D eigenvalue weighted by Crippen LogP contribution is 2.18. The third-order valence-electron chi connectivity index (χ3n) is 3.66. The van der Waals surface area contributed by atoms with E-state index in [4.69, 9.17) is 11.6 Å². The summed E-state index contributed by atoms with van der Waals surface area (Å²) in [6.45, 7) is 4.30. The van der Waals surface area contributed by atoms with Gasteiger partial charge in [-0.05, 0) is 37.6 Å². The Labute approximate surface area is 149 Å². The van der Waals surface area contributed by atoms with Gasteiger partial charge in [-0.15, -0.1) is 0 Å². The first-order valence-electron chi connectivity index (χ1n) is 7.68. The number of aryl methyl sites for hydroxylation is 2. The highest BCUT2D eigenvalue weighted by molar-refractivity contribution is 6.31. The third kappa shape index (κ3) is 4.24. The average Bonchev–Trinajstić information content (AvgIpc) is 3.08. The van der Waals surface area contributed by atoms with E-state index in [0.29, 0.717) is 17.3 Å². The molecule has 0 radical (unpaired) electrons. The molecule has 3 rings (SSSR count). The first-order chi connectivity index (χ1) is 11.9. The molecular formula is C17H17ClFN5O. The number of hydrogen-bond acceptors (Lipinski definition) is 3. The molecule has 0 unspecified atom stereocenters. The first-order valence-corrected chi connectivity index (χ1v) is 8.06. The Bertz CT molecular complexity index is 918. The van der Waals surface area contributed by atoms with Crippen LogP contribution in [0.4, 0.5) is 10.1 Å². The molecule has 0 atom stereocenters. The lowest BCUT2D eigenvalue weighted by molar-refractivity contribution is -0.116. The predicted molar refractivity (Wildman–Crippen MR) is 93.1 cm³/mol. The van der Waals surface area contributed by atoms with Crippen LogP contribution in [-0.2, 0) is 17.9 Å². The molecule has 0 saturated carbocycles. The smallest absolute Gasteiger partial charge is 0.246 e. The zero-order chi connectivity index (χ0) is 18.0. The Balaban J connectivity index is 1.63. The van der Waals surface area contributed by atoms with Crippen molar-refractivity contribution in [3.8, 4) is 0 Å². The quantitative estimate of drug-likeness (QED) is 0.759. The molecule has 0 fully saturated rings. The lowest BCUT2D eigenvalue weighted by Gasteiger charge is -2.05. The van der Waals surface area contributed by atoms with Crippen LogP contribution < -0.4 is 5.32 Å². The summed E-state index contributed by atoms with van der Waals surface area (Å²) in [5.41, 5.74) is 3.11. The number of carbonyl (C=O) groups excluding carboxylic acids is 1. The summed E-state index contributed by atoms with van der Waals surface area (Å²) in [4.78, 5) is 12.1. The van der Waals surface area contributed by atoms with Crippen molar-refractivity contribution in [2.24, 2.45) is 0 Å². The molecule has 25 heavy (non-hydrogen) atoms. The molecule has 1 aromatic carbocycles. The summed E-state index contributed by atoms with van der Waals surface area (Å²) in [6, 6.07) is 6.14. The molecule has 0 spiro atoms. The maximum Gasteiger partial charge on any atom is 0.246 e. The Hall–Kier alpha value is -2.67. The largest absolute Gasteiger partial charge is 0.322 e. The first kappa shape index (κ1) is 17.2. The second kappa shape index (κ2) is 7.06. The molecule has 0 bridgehead atoms. The number of amides is 1. The summed E-state index contributed by atoms with van der Waals surface area (Å²) >= 11 is 6.02. The van der Waals surface area contributed by atoms with Gasteiger partial charge >= 0.3 is 0 Å². The fourth-order valence-electron chi connectivity index (χ4n) is 2.51. The second-order valence-corrected chi connectivity index (χ2v) is 6.20. The normalized spacial score (nSPS) is 10.9. The molecule has 130 valence electrons. The van der Waals surface area contributed by atoms with Crippen molar-refractivity contribution in [2.45, 2.75) is 26.9 Å². The fourth-order valence-corrected chi connectivity index (χ4v) is 2.74. The lowest BCUT2D eigenvalue weighted by atomic mass is 10.2. The van der Waals surface area contributed by atoms with E-state index in [1.807, 2.05) is 19.9 Å². The molecule has 0 aliphatic carbocycles. The maximum absolute atomic E-state index is 13.1. The van der Waals surface area contributed by atoms with E-state index < -0.39 is 0 Å². The van der Waals surface area contributed by atoms with E-state index in [1.54, 1.807) is 27.8 Å². The summed E-state index contributed by atoms with van der Waals surface area (Å²) in [6.07, 6.45) is 3.25. The van der Waals surface area contributed by atoms with Crippen molar-refractivity contribution in [1.29, 1.82) is 0 Å². The minimum Gasteiger partial charge on any atom is -0.322 e. The average molecular weight is 362 g/mol. The number of nitrogens with zero attached hydrogens (tertiary/aromatic N) is 4. The van der Waals surface area contributed by atoms with Crippen molar-refractivity contribution in [3.05, 3.63) is 64.5 Å². The van der Waals surface area contributed by atoms with Crippen molar-refractivity contribution in [1.82, 2.24) is 19.6 Å². The molecule has 2 aromatic heterocycles. The van der Waals surface area contributed by atoms with Crippen LogP contribution in [0.5, 0.6) is 0 Å². The van der Waals surface area contributed by atoms with Crippen LogP contribution in [0.2, 0.25) is 5.02 Å². The molecule has 8 heteroatoms. The van der Waals surface area contributed by atoms with Gasteiger partial charge < -0.3 is 5.32 Å². The number of rotatable bonds is 5. The van der Waals surface area contributed by atoms with Gasteiger partial charge in [0.15, 0.2) is 0 Å². The zero-order valence-electron chi connectivity index (χ0n) is 13.8. The van der Waals surface area contributed by atoms with Crippen molar-refractivity contribution in [2.75, 3.05) is 5.32 Å². The minimum atomic E-state index is -0.383. The molecule has 1 N–H and O–H groups in total. The number of aromatic nitrogens is 4. The molecule has 6 nitrogen and oxygen atoms in total. The molecule has 0 aliphatic rings. The summed E-state index contributed by atoms with van der Waals surface area (Å²) in [5.74, 6) is -0.572. The van der Waals surface area contributed by atoms with Crippen LogP contribution in [0.3, 0.4) is 0 Å². The van der Waals surface area contributed by atoms with Gasteiger partial charge in [-0.25, -0.2) is 4.39 Å². The van der Waals surface area contributed by atoms with Crippen molar-refractivity contribution in [3.63, 3.8) is 0 Å². The van der Waals surface area contributed by atoms with E-state index in [0.717, 1.165) is 17.0 Å². The number of hydrogen-bond donors (Lipinski definition) is 1. The number of carbonyl (C=O) groups is 1. The third-order valence-corrected chi connectivity index (χ3v) is 4.01. The van der Waals surface area contributed by atoms with Gasteiger partial charge in [-0.1, -0.05) is 17.7 Å². The molecule has 2 heterocycles. The lowest BCUT2D eigenvalue weighted by Crippen LogP contribution is -2.20. The van der Waals surface area contributed by atoms with Gasteiger partial charge in [0.05, 0.1) is 24.1 Å². The number of halogens is 2. The zero-order valence-corrected chi connectivity index (χ0v) is 14.6. The Kier molecular flexibility index (Phi) is 4.85. The van der Waals surface area contributed by atoms with Gasteiger partial charge in [0.2, 0.25) is 5.91 Å². The molecule has 0 aliphatic heterocycles. The molecule has 0 saturated heterocycles. The maximum atomic E-state index is 13.1. The number of nitrogens with one attached hydrogen (secondary N) is 1. The van der Waals surface area contributed by atoms with Crippen LogP contribution in [0, 0.1) is 19.7 Å². The van der Waals surface area contributed by atoms with Crippen molar-refractivity contribution < 1.29 is 9.18 Å². The van der Waals surface area contributed by atoms with Crippen LogP contribution in [0.15, 0.2) is 36.7 Å². The van der Waals surface area contributed by atoms with Crippen LogP contribution in [0.25, 0.3) is 0 Å². The summed E-state index contributed by atoms with van der Waals surface area (Å²) < 4.78 is 16.4. The van der Waals surface area contributed by atoms with E-state index in [-0.39, 0.29) is 18.3 Å². The van der Waals surface area contributed by atoms with E-state index in [1.165, 1.54) is 12.1 Å². The van der Waals surface area contributed by atoms with Gasteiger partial charge in [0.25, 0.3) is 0 Å². The van der Waals surface area contributed by atoms with Gasteiger partial charge in [0.1, 0.15) is 12.4 Å². The Morgan fingerprint density at radius 3 is 2.80 bits per heavy atom. The van der Waals surface area contributed by atoms with Crippen molar-refractivity contribution >= 4 is 23.2 Å². The number of benzene rings is 1. The molecular weight excluding hydrogens is 345 g/mol. The fraction of sp³-hybridized carbons (Fsp3) is 0.235. The second-order valence-electron chi connectivity index (χ2n) is 5.80. The predicted octanol–water partition coefficient (Wildman–Crippen LogP) is 3.18. The van der Waals surface area contributed by atoms with E-state index in [9.17, 15) is 9.18 Å². The monoisotopic (exact) mass is 361 g/mol. The highest BCUT2D eigenvalue weighted by Gasteiger charge is 2.09. The highest BCUT2D eigenvalue weighted by atomic mass is 35.5. The Morgan fingerprint density at radius 1 is 1.32 bits per heavy atom. The SMILES string of the molecule is Cc1cc(C)n(CC(=O)Nc2cnn(Cc3ccc(F)cc3Cl)c2)n1. The van der Waals surface area contributed by atoms with Gasteiger partial charge in [-0.2, -0.15) is 10.2 Å². The molecule has 3 aromatic rings. The van der Waals surface area contributed by atoms with E-state index >= 15 is 0 Å². The molecule has 1 amide bonds. The standard InChI is InChI=1S/C17H17ClFN5O/c1-11-5-12(2)24(22-11)10-17(25)21-15-7-20-23(9-15)8-13-3-4-14(19)6-16(13)18/h3-7,9H,8,10H2,1-2H3,(H,21,25). The topological polar surface area (TPSA) is 64.7 Å². The number of anilines is 1. The van der Waals surface area contributed by atoms with Crippen LogP contribution in [-0.4, -0.2) is 25.5 Å².